The van der Waals surface area contributed by atoms with Crippen LogP contribution < -0.4 is 5.56 Å². The number of pyridine rings is 1. The highest BCUT2D eigenvalue weighted by Crippen LogP contribution is 2.28. The number of nitrogens with zero attached hydrogens (tertiary/aromatic N) is 1. The smallest absolute Gasteiger partial charge is 0.266 e. The molecule has 1 amide bonds. The Hall–Kier alpha value is -2.07. The maximum Gasteiger partial charge on any atom is 0.266 e. The van der Waals surface area contributed by atoms with Crippen molar-refractivity contribution in [3.63, 3.8) is 0 Å². The van der Waals surface area contributed by atoms with Gasteiger partial charge in [0.2, 0.25) is 0 Å². The summed E-state index contributed by atoms with van der Waals surface area (Å²) >= 11 is 5.82. The maximum atomic E-state index is 12.6. The summed E-state index contributed by atoms with van der Waals surface area (Å²) in [6.07, 6.45) is 4.45. The molecule has 2 aromatic rings. The lowest BCUT2D eigenvalue weighted by atomic mass is 9.92. The van der Waals surface area contributed by atoms with Crippen molar-refractivity contribution in [1.82, 2.24) is 9.88 Å². The second kappa shape index (κ2) is 7.01. The zero-order chi connectivity index (χ0) is 16.2. The predicted molar refractivity (Wildman–Crippen MR) is 91.0 cm³/mol. The van der Waals surface area contributed by atoms with E-state index in [0.717, 1.165) is 32.4 Å². The highest BCUT2D eigenvalue weighted by atomic mass is 35.5. The van der Waals surface area contributed by atoms with Crippen molar-refractivity contribution in [2.24, 2.45) is 0 Å². The summed E-state index contributed by atoms with van der Waals surface area (Å²) in [6, 6.07) is 11.9. The maximum absolute atomic E-state index is 12.6. The molecular weight excluding hydrogens is 312 g/mol. The molecule has 1 aliphatic heterocycles. The van der Waals surface area contributed by atoms with Crippen LogP contribution in [0.3, 0.4) is 0 Å². The van der Waals surface area contributed by atoms with Crippen molar-refractivity contribution in [1.29, 1.82) is 0 Å². The molecule has 1 N–H and O–H groups in total. The summed E-state index contributed by atoms with van der Waals surface area (Å²) in [5.41, 5.74) is 1.41. The molecule has 1 atom stereocenters. The first-order chi connectivity index (χ1) is 11.1. The molecule has 1 aromatic heterocycles. The minimum atomic E-state index is -0.372. The van der Waals surface area contributed by atoms with Gasteiger partial charge in [-0.1, -0.05) is 41.9 Å². The van der Waals surface area contributed by atoms with E-state index in [1.165, 1.54) is 17.8 Å². The molecule has 1 fully saturated rings. The van der Waals surface area contributed by atoms with Gasteiger partial charge in [0.15, 0.2) is 0 Å². The van der Waals surface area contributed by atoms with E-state index in [-0.39, 0.29) is 16.5 Å². The fraction of sp³-hybridized carbons (Fsp3) is 0.333. The van der Waals surface area contributed by atoms with Gasteiger partial charge in [-0.3, -0.25) is 9.59 Å². The Morgan fingerprint density at radius 3 is 2.70 bits per heavy atom. The van der Waals surface area contributed by atoms with Crippen molar-refractivity contribution in [3.8, 4) is 0 Å². The average molecular weight is 331 g/mol. The third-order valence-corrected chi connectivity index (χ3v) is 4.67. The number of nitrogens with one attached hydrogen (secondary N) is 1. The van der Waals surface area contributed by atoms with E-state index >= 15 is 0 Å². The Morgan fingerprint density at radius 2 is 1.96 bits per heavy atom. The lowest BCUT2D eigenvalue weighted by Crippen LogP contribution is -2.32. The molecular formula is C18H19ClN2O2. The second-order valence-corrected chi connectivity index (χ2v) is 6.30. The number of amides is 1. The molecule has 1 saturated heterocycles. The summed E-state index contributed by atoms with van der Waals surface area (Å²) in [4.78, 5) is 28.3. The first kappa shape index (κ1) is 15.8. The van der Waals surface area contributed by atoms with Gasteiger partial charge in [0.1, 0.15) is 5.02 Å². The van der Waals surface area contributed by atoms with Crippen LogP contribution in [0.5, 0.6) is 0 Å². The molecule has 4 nitrogen and oxygen atoms in total. The van der Waals surface area contributed by atoms with Crippen molar-refractivity contribution in [3.05, 3.63) is 69.1 Å². The molecule has 0 saturated carbocycles. The standard InChI is InChI=1S/C18H19ClN2O2/c19-16-11-15(12-20-17(16)22)18(23)21-9-4-7-14(8-10-21)13-5-2-1-3-6-13/h1-3,5-6,11-12,14H,4,7-10H2,(H,20,22)/t14-/m0/s1. The number of halogens is 1. The van der Waals surface area contributed by atoms with Crippen LogP contribution in [0, 0.1) is 0 Å². The quantitative estimate of drug-likeness (QED) is 0.917. The molecule has 5 heteroatoms. The van der Waals surface area contributed by atoms with Gasteiger partial charge in [-0.15, -0.1) is 0 Å². The summed E-state index contributed by atoms with van der Waals surface area (Å²) in [6.45, 7) is 1.45. The molecule has 120 valence electrons. The Bertz CT molecular complexity index is 742. The van der Waals surface area contributed by atoms with E-state index in [9.17, 15) is 9.59 Å². The van der Waals surface area contributed by atoms with Crippen LogP contribution in [0.4, 0.5) is 0 Å². The monoisotopic (exact) mass is 330 g/mol. The Labute approximate surface area is 140 Å². The number of benzene rings is 1. The molecule has 0 unspecified atom stereocenters. The fourth-order valence-electron chi connectivity index (χ4n) is 3.12. The summed E-state index contributed by atoms with van der Waals surface area (Å²) < 4.78 is 0. The highest BCUT2D eigenvalue weighted by Gasteiger charge is 2.22. The molecule has 23 heavy (non-hydrogen) atoms. The van der Waals surface area contributed by atoms with Crippen LogP contribution in [0.2, 0.25) is 5.02 Å². The van der Waals surface area contributed by atoms with Crippen LogP contribution >= 0.6 is 11.6 Å². The van der Waals surface area contributed by atoms with E-state index in [1.54, 1.807) is 0 Å². The number of hydrogen-bond donors (Lipinski definition) is 1. The van der Waals surface area contributed by atoms with Crippen LogP contribution in [0.1, 0.15) is 41.1 Å². The predicted octanol–water partition coefficient (Wildman–Crippen LogP) is 3.44. The lowest BCUT2D eigenvalue weighted by Gasteiger charge is -2.20. The molecule has 0 aliphatic carbocycles. The first-order valence-corrected chi connectivity index (χ1v) is 8.25. The normalized spacial score (nSPS) is 18.5. The van der Waals surface area contributed by atoms with Crippen LogP contribution in [0.15, 0.2) is 47.4 Å². The summed E-state index contributed by atoms with van der Waals surface area (Å²) in [5.74, 6) is 0.421. The Balaban J connectivity index is 1.71. The molecule has 2 heterocycles. The molecule has 1 aromatic carbocycles. The lowest BCUT2D eigenvalue weighted by molar-refractivity contribution is 0.0760. The summed E-state index contributed by atoms with van der Waals surface area (Å²) in [5, 5.41) is 0.0489. The largest absolute Gasteiger partial charge is 0.339 e. The average Bonchev–Trinajstić information content (AvgIpc) is 2.83. The molecule has 3 rings (SSSR count). The summed E-state index contributed by atoms with van der Waals surface area (Å²) in [7, 11) is 0. The Morgan fingerprint density at radius 1 is 1.17 bits per heavy atom. The molecule has 0 radical (unpaired) electrons. The molecule has 0 bridgehead atoms. The molecule has 1 aliphatic rings. The van der Waals surface area contributed by atoms with Gasteiger partial charge in [-0.2, -0.15) is 0 Å². The minimum Gasteiger partial charge on any atom is -0.339 e. The van der Waals surface area contributed by atoms with Crippen molar-refractivity contribution in [2.45, 2.75) is 25.2 Å². The zero-order valence-corrected chi connectivity index (χ0v) is 13.6. The third kappa shape index (κ3) is 3.64. The number of carbonyl (C=O) groups is 1. The fourth-order valence-corrected chi connectivity index (χ4v) is 3.29. The van der Waals surface area contributed by atoms with E-state index in [2.05, 4.69) is 29.2 Å². The van der Waals surface area contributed by atoms with Crippen molar-refractivity contribution >= 4 is 17.5 Å². The van der Waals surface area contributed by atoms with E-state index in [0.29, 0.717) is 11.5 Å². The van der Waals surface area contributed by atoms with Gasteiger partial charge in [-0.25, -0.2) is 0 Å². The van der Waals surface area contributed by atoms with Crippen molar-refractivity contribution < 1.29 is 4.79 Å². The number of H-pyrrole nitrogens is 1. The SMILES string of the molecule is O=C(c1c[nH]c(=O)c(Cl)c1)N1CCC[C@H](c2ccccc2)CC1. The van der Waals surface area contributed by atoms with Crippen LogP contribution in [-0.2, 0) is 0 Å². The number of likely N-dealkylation sites (tertiary alicyclic amines) is 1. The van der Waals surface area contributed by atoms with Gasteiger partial charge in [-0.05, 0) is 36.8 Å². The van der Waals surface area contributed by atoms with Gasteiger partial charge in [0.25, 0.3) is 11.5 Å². The van der Waals surface area contributed by atoms with Gasteiger partial charge in [0.05, 0.1) is 5.56 Å². The molecule has 0 spiro atoms. The number of rotatable bonds is 2. The first-order valence-electron chi connectivity index (χ1n) is 7.87. The van der Waals surface area contributed by atoms with E-state index in [4.69, 9.17) is 11.6 Å². The number of carbonyl (C=O) groups excluding carboxylic acids is 1. The van der Waals surface area contributed by atoms with Gasteiger partial charge in [0, 0.05) is 19.3 Å². The number of hydrogen-bond acceptors (Lipinski definition) is 2. The zero-order valence-electron chi connectivity index (χ0n) is 12.8. The highest BCUT2D eigenvalue weighted by molar-refractivity contribution is 6.30. The van der Waals surface area contributed by atoms with Gasteiger partial charge < -0.3 is 9.88 Å². The third-order valence-electron chi connectivity index (χ3n) is 4.39. The van der Waals surface area contributed by atoms with Crippen molar-refractivity contribution in [2.75, 3.05) is 13.1 Å². The number of aromatic nitrogens is 1. The van der Waals surface area contributed by atoms with Gasteiger partial charge >= 0.3 is 0 Å². The second-order valence-electron chi connectivity index (χ2n) is 5.90. The van der Waals surface area contributed by atoms with E-state index < -0.39 is 0 Å². The topological polar surface area (TPSA) is 53.2 Å². The van der Waals surface area contributed by atoms with E-state index in [1.807, 2.05) is 11.0 Å². The van der Waals surface area contributed by atoms with Crippen LogP contribution in [0.25, 0.3) is 0 Å². The van der Waals surface area contributed by atoms with Crippen LogP contribution in [-0.4, -0.2) is 28.9 Å². The number of aromatic amines is 1. The Kier molecular flexibility index (Phi) is 4.82. The minimum absolute atomic E-state index is 0.0489.